The molecular formula is C31H38N2O. The van der Waals surface area contributed by atoms with Gasteiger partial charge in [0, 0.05) is 30.1 Å². The normalized spacial score (nSPS) is 12.2. The maximum Gasteiger partial charge on any atom is 0.159 e. The molecule has 0 saturated carbocycles. The first-order valence-corrected chi connectivity index (χ1v) is 12.6. The van der Waals surface area contributed by atoms with E-state index in [2.05, 4.69) is 91.1 Å². The summed E-state index contributed by atoms with van der Waals surface area (Å²) in [5.74, 6) is 0.745. The van der Waals surface area contributed by atoms with E-state index in [9.17, 15) is 0 Å². The third kappa shape index (κ3) is 8.39. The number of ether oxygens (including phenoxy) is 1. The number of nitrogens with zero attached hydrogens (tertiary/aromatic N) is 2. The van der Waals surface area contributed by atoms with Crippen LogP contribution in [0.1, 0.15) is 63.5 Å². The largest absolute Gasteiger partial charge is 0.379 e. The number of aromatic nitrogens is 2. The van der Waals surface area contributed by atoms with Crippen LogP contribution in [0.15, 0.2) is 79.7 Å². The van der Waals surface area contributed by atoms with Gasteiger partial charge in [0.2, 0.25) is 0 Å². The van der Waals surface area contributed by atoms with Crippen molar-refractivity contribution in [3.05, 3.63) is 90.8 Å². The number of hydrogen-bond donors (Lipinski definition) is 0. The van der Waals surface area contributed by atoms with E-state index in [-0.39, 0.29) is 0 Å². The number of hydrogen-bond acceptors (Lipinski definition) is 3. The zero-order valence-electron chi connectivity index (χ0n) is 20.7. The molecule has 0 saturated heterocycles. The third-order valence-corrected chi connectivity index (χ3v) is 5.93. The van der Waals surface area contributed by atoms with Gasteiger partial charge in [0.15, 0.2) is 5.82 Å². The summed E-state index contributed by atoms with van der Waals surface area (Å²) in [7, 11) is 0. The molecule has 1 heterocycles. The van der Waals surface area contributed by atoms with E-state index < -0.39 is 0 Å². The average Bonchev–Trinajstić information content (AvgIpc) is 2.88. The Morgan fingerprint density at radius 2 is 1.59 bits per heavy atom. The lowest BCUT2D eigenvalue weighted by Crippen LogP contribution is -2.08. The number of benzene rings is 2. The molecule has 3 rings (SSSR count). The fourth-order valence-electron chi connectivity index (χ4n) is 3.83. The van der Waals surface area contributed by atoms with Crippen LogP contribution in [0.2, 0.25) is 0 Å². The SMILES string of the molecule is C=CCc1ccc(-c2ncc(-c3ccc(/C=C/CCCC(C)OCCCCC)cc3)cn2)cc1. The zero-order chi connectivity index (χ0) is 24.0. The number of rotatable bonds is 14. The first-order valence-electron chi connectivity index (χ1n) is 12.6. The predicted octanol–water partition coefficient (Wildman–Crippen LogP) is 8.32. The maximum atomic E-state index is 5.87. The Morgan fingerprint density at radius 1 is 0.882 bits per heavy atom. The molecule has 0 aliphatic heterocycles. The lowest BCUT2D eigenvalue weighted by molar-refractivity contribution is 0.0566. The molecule has 1 atom stereocenters. The maximum absolute atomic E-state index is 5.87. The lowest BCUT2D eigenvalue weighted by Gasteiger charge is -2.12. The van der Waals surface area contributed by atoms with E-state index in [4.69, 9.17) is 4.74 Å². The third-order valence-electron chi connectivity index (χ3n) is 5.93. The van der Waals surface area contributed by atoms with Gasteiger partial charge < -0.3 is 4.74 Å². The van der Waals surface area contributed by atoms with Crippen molar-refractivity contribution >= 4 is 6.08 Å². The second-order valence-electron chi connectivity index (χ2n) is 8.83. The Kier molecular flexibility index (Phi) is 10.7. The summed E-state index contributed by atoms with van der Waals surface area (Å²) in [6.45, 7) is 9.09. The summed E-state index contributed by atoms with van der Waals surface area (Å²) in [6.07, 6.45) is 18.4. The summed E-state index contributed by atoms with van der Waals surface area (Å²) >= 11 is 0. The molecule has 0 amide bonds. The van der Waals surface area contributed by atoms with Gasteiger partial charge in [-0.15, -0.1) is 6.58 Å². The second-order valence-corrected chi connectivity index (χ2v) is 8.83. The van der Waals surface area contributed by atoms with Crippen LogP contribution in [0.3, 0.4) is 0 Å². The van der Waals surface area contributed by atoms with Crippen molar-refractivity contribution in [2.75, 3.05) is 6.61 Å². The molecule has 3 heteroatoms. The highest BCUT2D eigenvalue weighted by atomic mass is 16.5. The summed E-state index contributed by atoms with van der Waals surface area (Å²) in [6, 6.07) is 16.9. The lowest BCUT2D eigenvalue weighted by atomic mass is 10.1. The van der Waals surface area contributed by atoms with Crippen molar-refractivity contribution in [1.82, 2.24) is 9.97 Å². The van der Waals surface area contributed by atoms with Gasteiger partial charge in [-0.1, -0.05) is 86.5 Å². The van der Waals surface area contributed by atoms with E-state index >= 15 is 0 Å². The van der Waals surface area contributed by atoms with E-state index in [1.54, 1.807) is 0 Å². The smallest absolute Gasteiger partial charge is 0.159 e. The molecule has 1 unspecified atom stereocenters. The van der Waals surface area contributed by atoms with Gasteiger partial charge in [-0.25, -0.2) is 9.97 Å². The first-order chi connectivity index (χ1) is 16.7. The fourth-order valence-corrected chi connectivity index (χ4v) is 3.83. The van der Waals surface area contributed by atoms with Gasteiger partial charge in [0.1, 0.15) is 0 Å². The molecule has 0 bridgehead atoms. The van der Waals surface area contributed by atoms with Gasteiger partial charge in [-0.2, -0.15) is 0 Å². The van der Waals surface area contributed by atoms with Crippen molar-refractivity contribution in [1.29, 1.82) is 0 Å². The molecule has 0 radical (unpaired) electrons. The van der Waals surface area contributed by atoms with E-state index in [0.717, 1.165) is 54.8 Å². The van der Waals surface area contributed by atoms with Crippen molar-refractivity contribution < 1.29 is 4.74 Å². The first kappa shape index (κ1) is 25.6. The highest BCUT2D eigenvalue weighted by Gasteiger charge is 2.04. The van der Waals surface area contributed by atoms with Crippen molar-refractivity contribution in [2.45, 2.75) is 64.9 Å². The second kappa shape index (κ2) is 14.3. The van der Waals surface area contributed by atoms with Gasteiger partial charge in [0.25, 0.3) is 0 Å². The van der Waals surface area contributed by atoms with Gasteiger partial charge in [0.05, 0.1) is 6.10 Å². The Balaban J connectivity index is 1.46. The molecule has 34 heavy (non-hydrogen) atoms. The zero-order valence-corrected chi connectivity index (χ0v) is 20.7. The van der Waals surface area contributed by atoms with Crippen LogP contribution >= 0.6 is 0 Å². The fraction of sp³-hybridized carbons (Fsp3) is 0.355. The van der Waals surface area contributed by atoms with E-state index in [0.29, 0.717) is 6.10 Å². The minimum atomic E-state index is 0.356. The Bertz CT molecular complexity index is 1000. The van der Waals surface area contributed by atoms with Crippen LogP contribution in [0.5, 0.6) is 0 Å². The van der Waals surface area contributed by atoms with Crippen LogP contribution in [-0.2, 0) is 11.2 Å². The van der Waals surface area contributed by atoms with Crippen LogP contribution in [0.4, 0.5) is 0 Å². The molecule has 2 aromatic carbocycles. The van der Waals surface area contributed by atoms with E-state index in [1.165, 1.54) is 30.4 Å². The topological polar surface area (TPSA) is 35.0 Å². The van der Waals surface area contributed by atoms with Gasteiger partial charge in [-0.05, 0) is 55.7 Å². The molecule has 3 aromatic rings. The monoisotopic (exact) mass is 454 g/mol. The molecule has 0 fully saturated rings. The Morgan fingerprint density at radius 3 is 2.26 bits per heavy atom. The molecule has 1 aromatic heterocycles. The molecule has 3 nitrogen and oxygen atoms in total. The molecule has 178 valence electrons. The number of allylic oxidation sites excluding steroid dienone is 2. The molecular weight excluding hydrogens is 416 g/mol. The minimum absolute atomic E-state index is 0.356. The quantitative estimate of drug-likeness (QED) is 0.181. The van der Waals surface area contributed by atoms with E-state index in [1.807, 2.05) is 18.5 Å². The summed E-state index contributed by atoms with van der Waals surface area (Å²) in [5, 5.41) is 0. The minimum Gasteiger partial charge on any atom is -0.379 e. The van der Waals surface area contributed by atoms with Crippen LogP contribution in [0, 0.1) is 0 Å². The Labute approximate surface area is 205 Å². The van der Waals surface area contributed by atoms with Gasteiger partial charge in [-0.3, -0.25) is 0 Å². The molecule has 0 aliphatic carbocycles. The molecule has 0 aliphatic rings. The molecule has 0 spiro atoms. The van der Waals surface area contributed by atoms with Crippen molar-refractivity contribution in [3.63, 3.8) is 0 Å². The highest BCUT2D eigenvalue weighted by Crippen LogP contribution is 2.22. The van der Waals surface area contributed by atoms with Crippen LogP contribution < -0.4 is 0 Å². The van der Waals surface area contributed by atoms with Crippen LogP contribution in [0.25, 0.3) is 28.6 Å². The average molecular weight is 455 g/mol. The molecule has 0 N–H and O–H groups in total. The van der Waals surface area contributed by atoms with Crippen LogP contribution in [-0.4, -0.2) is 22.7 Å². The standard InChI is InChI=1S/C31H38N2O/c1-4-6-10-22-34-25(3)12-8-7-9-13-27-14-18-28(19-15-27)30-23-32-31(33-24-30)29-20-16-26(11-5-2)17-21-29/h5,9,13-21,23-25H,2,4,6-8,10-12,22H2,1,3H3/b13-9+. The summed E-state index contributed by atoms with van der Waals surface area (Å²) < 4.78 is 5.87. The van der Waals surface area contributed by atoms with Crippen molar-refractivity contribution in [2.24, 2.45) is 0 Å². The van der Waals surface area contributed by atoms with Gasteiger partial charge >= 0.3 is 0 Å². The Hall–Kier alpha value is -3.04. The highest BCUT2D eigenvalue weighted by molar-refractivity contribution is 5.65. The number of unbranched alkanes of at least 4 members (excludes halogenated alkanes) is 3. The predicted molar refractivity (Wildman–Crippen MR) is 145 cm³/mol. The van der Waals surface area contributed by atoms with Crippen molar-refractivity contribution in [3.8, 4) is 22.5 Å². The summed E-state index contributed by atoms with van der Waals surface area (Å²) in [4.78, 5) is 9.16. The summed E-state index contributed by atoms with van der Waals surface area (Å²) in [5.41, 5.74) is 5.63.